The molecule has 0 bridgehead atoms. The molecule has 196 valence electrons. The Balaban J connectivity index is 1.55. The maximum Gasteiger partial charge on any atom is 0.154 e. The first-order chi connectivity index (χ1) is 18.2. The molecule has 37 heavy (non-hydrogen) atoms. The van der Waals surface area contributed by atoms with Gasteiger partial charge < -0.3 is 4.74 Å². The summed E-state index contributed by atoms with van der Waals surface area (Å²) >= 11 is 0. The van der Waals surface area contributed by atoms with E-state index in [9.17, 15) is 0 Å². The highest BCUT2D eigenvalue weighted by molar-refractivity contribution is 5.54. The predicted molar refractivity (Wildman–Crippen MR) is 150 cm³/mol. The fraction of sp³-hybridized carbons (Fsp3) is 0.531. The quantitative estimate of drug-likeness (QED) is 0.152. The van der Waals surface area contributed by atoms with Gasteiger partial charge in [0.05, 0.1) is 18.1 Å². The Hall–Kier alpha value is -3.13. The summed E-state index contributed by atoms with van der Waals surface area (Å²) in [5.41, 5.74) is 4.12. The van der Waals surface area contributed by atoms with E-state index in [2.05, 4.69) is 65.4 Å². The van der Waals surface area contributed by atoms with Gasteiger partial charge in [-0.3, -0.25) is 0 Å². The van der Waals surface area contributed by atoms with E-state index < -0.39 is 0 Å². The van der Waals surface area contributed by atoms with Gasteiger partial charge in [0, 0.05) is 24.2 Å². The van der Waals surface area contributed by atoms with Crippen molar-refractivity contribution in [1.82, 2.24) is 20.0 Å². The van der Waals surface area contributed by atoms with Crippen LogP contribution >= 0.6 is 0 Å². The van der Waals surface area contributed by atoms with Crippen LogP contribution in [0.15, 0.2) is 42.9 Å². The van der Waals surface area contributed by atoms with Crippen molar-refractivity contribution in [3.63, 3.8) is 0 Å². The summed E-state index contributed by atoms with van der Waals surface area (Å²) in [6, 6.07) is 8.18. The van der Waals surface area contributed by atoms with Crippen molar-refractivity contribution in [2.24, 2.45) is 5.92 Å². The minimum atomic E-state index is 0.694. The molecule has 4 rings (SSSR count). The highest BCUT2D eigenvalue weighted by Gasteiger charge is 2.15. The highest BCUT2D eigenvalue weighted by atomic mass is 16.5. The first kappa shape index (κ1) is 26.9. The standard InChI is InChI=1S/C32H42N4O/c1-3-5-7-11-17-28-23-34-36(25-28)31-19-18-27(14-10-6-4-2)21-32(31)37-30-22-29(35-33-24-30)20-26-15-12-8-9-13-16-26/h18-19,21-26H,3-9,11-13,15-17,20H2,1-2H3. The first-order valence-corrected chi connectivity index (χ1v) is 14.4. The van der Waals surface area contributed by atoms with Crippen molar-refractivity contribution in [2.45, 2.75) is 104 Å². The zero-order valence-electron chi connectivity index (χ0n) is 22.7. The van der Waals surface area contributed by atoms with Crippen molar-refractivity contribution in [3.8, 4) is 29.0 Å². The lowest BCUT2D eigenvalue weighted by atomic mass is 9.95. The van der Waals surface area contributed by atoms with Crippen LogP contribution in [0.1, 0.15) is 108 Å². The fourth-order valence-corrected chi connectivity index (χ4v) is 5.07. The number of unbranched alkanes of at least 4 members (excludes halogenated alkanes) is 4. The van der Waals surface area contributed by atoms with E-state index in [1.54, 1.807) is 6.20 Å². The average Bonchev–Trinajstić information content (AvgIpc) is 3.22. The van der Waals surface area contributed by atoms with E-state index >= 15 is 0 Å². The molecule has 2 aromatic heterocycles. The van der Waals surface area contributed by atoms with Gasteiger partial charge in [-0.25, -0.2) is 4.68 Å². The number of aryl methyl sites for hydroxylation is 1. The Labute approximate surface area is 223 Å². The average molecular weight is 499 g/mol. The van der Waals surface area contributed by atoms with Crippen LogP contribution in [0.3, 0.4) is 0 Å². The Bertz CT molecular complexity index is 1160. The van der Waals surface area contributed by atoms with Crippen molar-refractivity contribution >= 4 is 0 Å². The minimum Gasteiger partial charge on any atom is -0.453 e. The molecule has 0 amide bonds. The summed E-state index contributed by atoms with van der Waals surface area (Å²) in [5, 5.41) is 13.4. The second kappa shape index (κ2) is 14.6. The third-order valence-electron chi connectivity index (χ3n) is 7.15. The van der Waals surface area contributed by atoms with E-state index in [0.717, 1.165) is 48.4 Å². The summed E-state index contributed by atoms with van der Waals surface area (Å²) in [7, 11) is 0. The zero-order chi connectivity index (χ0) is 25.7. The molecule has 0 spiro atoms. The van der Waals surface area contributed by atoms with Crippen LogP contribution in [0.4, 0.5) is 0 Å². The predicted octanol–water partition coefficient (Wildman–Crippen LogP) is 8.24. The first-order valence-electron chi connectivity index (χ1n) is 14.4. The van der Waals surface area contributed by atoms with Gasteiger partial charge in [0.25, 0.3) is 0 Å². The molecule has 1 aliphatic rings. The maximum atomic E-state index is 6.46. The number of nitrogens with zero attached hydrogens (tertiary/aromatic N) is 4. The van der Waals surface area contributed by atoms with E-state index in [0.29, 0.717) is 11.7 Å². The molecule has 0 atom stereocenters. The molecule has 2 heterocycles. The second-order valence-electron chi connectivity index (χ2n) is 10.4. The molecule has 1 fully saturated rings. The van der Waals surface area contributed by atoms with Crippen molar-refractivity contribution in [1.29, 1.82) is 0 Å². The van der Waals surface area contributed by atoms with Crippen molar-refractivity contribution < 1.29 is 4.74 Å². The summed E-state index contributed by atoms with van der Waals surface area (Å²) in [6.45, 7) is 4.39. The molecule has 1 aromatic carbocycles. The second-order valence-corrected chi connectivity index (χ2v) is 10.4. The monoisotopic (exact) mass is 498 g/mol. The Kier molecular flexibility index (Phi) is 10.6. The van der Waals surface area contributed by atoms with E-state index in [1.807, 2.05) is 16.9 Å². The largest absolute Gasteiger partial charge is 0.453 e. The van der Waals surface area contributed by atoms with E-state index in [1.165, 1.54) is 69.8 Å². The summed E-state index contributed by atoms with van der Waals surface area (Å²) in [5.74, 6) is 8.67. The van der Waals surface area contributed by atoms with Gasteiger partial charge in [-0.2, -0.15) is 15.3 Å². The molecule has 0 unspecified atom stereocenters. The molecule has 0 aliphatic heterocycles. The third-order valence-corrected chi connectivity index (χ3v) is 7.15. The molecule has 1 aliphatic carbocycles. The van der Waals surface area contributed by atoms with Gasteiger partial charge in [-0.05, 0) is 55.4 Å². The van der Waals surface area contributed by atoms with Crippen LogP contribution in [0, 0.1) is 17.8 Å². The van der Waals surface area contributed by atoms with Gasteiger partial charge in [0.2, 0.25) is 0 Å². The number of ether oxygens (including phenoxy) is 1. The molecule has 0 N–H and O–H groups in total. The van der Waals surface area contributed by atoms with Crippen LogP contribution in [0.25, 0.3) is 5.69 Å². The lowest BCUT2D eigenvalue weighted by Crippen LogP contribution is -2.06. The number of hydrogen-bond acceptors (Lipinski definition) is 4. The van der Waals surface area contributed by atoms with Crippen molar-refractivity contribution in [3.05, 3.63) is 59.7 Å². The number of hydrogen-bond donors (Lipinski definition) is 0. The number of aromatic nitrogens is 4. The van der Waals surface area contributed by atoms with Crippen LogP contribution in [0.2, 0.25) is 0 Å². The molecular weight excluding hydrogens is 456 g/mol. The Morgan fingerprint density at radius 1 is 0.973 bits per heavy atom. The summed E-state index contributed by atoms with van der Waals surface area (Å²) in [6.07, 6.45) is 22.7. The third kappa shape index (κ3) is 8.45. The van der Waals surface area contributed by atoms with Gasteiger partial charge in [-0.15, -0.1) is 0 Å². The number of benzene rings is 1. The van der Waals surface area contributed by atoms with Gasteiger partial charge >= 0.3 is 0 Å². The highest BCUT2D eigenvalue weighted by Crippen LogP contribution is 2.31. The molecule has 3 aromatic rings. The van der Waals surface area contributed by atoms with Crippen LogP contribution < -0.4 is 4.74 Å². The SMILES string of the molecule is CCCC#Cc1ccc(-n2cc(CCCCCC)cn2)c(Oc2cnnc(CC3CCCCCC3)c2)c1. The van der Waals surface area contributed by atoms with Crippen LogP contribution in [-0.2, 0) is 12.8 Å². The van der Waals surface area contributed by atoms with Gasteiger partial charge in [0.1, 0.15) is 11.4 Å². The topological polar surface area (TPSA) is 52.8 Å². The molecular formula is C32H42N4O. The molecule has 0 saturated heterocycles. The smallest absolute Gasteiger partial charge is 0.154 e. The lowest BCUT2D eigenvalue weighted by molar-refractivity contribution is 0.444. The van der Waals surface area contributed by atoms with Crippen molar-refractivity contribution in [2.75, 3.05) is 0 Å². The minimum absolute atomic E-state index is 0.694. The van der Waals surface area contributed by atoms with Crippen LogP contribution in [0.5, 0.6) is 11.5 Å². The summed E-state index contributed by atoms with van der Waals surface area (Å²) < 4.78 is 8.38. The Morgan fingerprint density at radius 3 is 2.65 bits per heavy atom. The van der Waals surface area contributed by atoms with E-state index in [4.69, 9.17) is 4.74 Å². The van der Waals surface area contributed by atoms with Gasteiger partial charge in [-0.1, -0.05) is 83.5 Å². The van der Waals surface area contributed by atoms with E-state index in [-0.39, 0.29) is 0 Å². The Morgan fingerprint density at radius 2 is 1.84 bits per heavy atom. The lowest BCUT2D eigenvalue weighted by Gasteiger charge is -2.14. The van der Waals surface area contributed by atoms with Gasteiger partial charge in [0.15, 0.2) is 5.75 Å². The molecule has 1 saturated carbocycles. The molecule has 0 radical (unpaired) electrons. The summed E-state index contributed by atoms with van der Waals surface area (Å²) in [4.78, 5) is 0. The van der Waals surface area contributed by atoms with Crippen LogP contribution in [-0.4, -0.2) is 20.0 Å². The normalized spacial score (nSPS) is 14.1. The number of rotatable bonds is 11. The maximum absolute atomic E-state index is 6.46. The zero-order valence-corrected chi connectivity index (χ0v) is 22.7. The fourth-order valence-electron chi connectivity index (χ4n) is 5.07. The molecule has 5 nitrogen and oxygen atoms in total. The molecule has 5 heteroatoms.